The first-order valence-corrected chi connectivity index (χ1v) is 9.11. The molecular formula is C15H22N6O2S. The Balaban J connectivity index is 1.94. The first kappa shape index (κ1) is 17.0. The zero-order valence-electron chi connectivity index (χ0n) is 14.0. The van der Waals surface area contributed by atoms with E-state index in [-0.39, 0.29) is 5.91 Å². The van der Waals surface area contributed by atoms with Gasteiger partial charge in [-0.2, -0.15) is 5.10 Å². The third-order valence-corrected chi connectivity index (χ3v) is 4.47. The number of ether oxygens (including phenoxy) is 1. The Labute approximate surface area is 145 Å². The Bertz CT molecular complexity index is 713. The highest BCUT2D eigenvalue weighted by Gasteiger charge is 2.20. The Hall–Kier alpha value is -1.87. The monoisotopic (exact) mass is 350 g/mol. The lowest BCUT2D eigenvalue weighted by atomic mass is 10.3. The lowest BCUT2D eigenvalue weighted by molar-refractivity contribution is -0.118. The fourth-order valence-electron chi connectivity index (χ4n) is 2.63. The van der Waals surface area contributed by atoms with Gasteiger partial charge in [0.2, 0.25) is 5.91 Å². The minimum Gasteiger partial charge on any atom is -0.378 e. The summed E-state index contributed by atoms with van der Waals surface area (Å²) in [5, 5.41) is 8.94. The van der Waals surface area contributed by atoms with E-state index >= 15 is 0 Å². The van der Waals surface area contributed by atoms with Crippen molar-refractivity contribution in [1.82, 2.24) is 25.1 Å². The summed E-state index contributed by atoms with van der Waals surface area (Å²) < 4.78 is 7.27. The van der Waals surface area contributed by atoms with Gasteiger partial charge in [-0.15, -0.1) is 0 Å². The summed E-state index contributed by atoms with van der Waals surface area (Å²) in [4.78, 5) is 22.7. The number of anilines is 1. The number of aromatic nitrogens is 4. The Kier molecular flexibility index (Phi) is 5.52. The number of hydrogen-bond donors (Lipinski definition) is 1. The van der Waals surface area contributed by atoms with E-state index in [9.17, 15) is 4.79 Å². The maximum Gasteiger partial charge on any atom is 0.216 e. The fraction of sp³-hybridized carbons (Fsp3) is 0.600. The van der Waals surface area contributed by atoms with Crippen molar-refractivity contribution in [3.05, 3.63) is 6.20 Å². The fourth-order valence-corrected chi connectivity index (χ4v) is 3.19. The summed E-state index contributed by atoms with van der Waals surface area (Å²) in [5.74, 6) is 1.79. The van der Waals surface area contributed by atoms with Gasteiger partial charge in [0.1, 0.15) is 5.82 Å². The predicted molar refractivity (Wildman–Crippen MR) is 93.4 cm³/mol. The molecule has 0 bridgehead atoms. The van der Waals surface area contributed by atoms with Gasteiger partial charge in [-0.3, -0.25) is 4.79 Å². The van der Waals surface area contributed by atoms with Crippen LogP contribution in [-0.4, -0.2) is 64.3 Å². The number of hydrogen-bond acceptors (Lipinski definition) is 7. The minimum atomic E-state index is -0.0441. The first-order valence-electron chi connectivity index (χ1n) is 8.12. The van der Waals surface area contributed by atoms with Crippen molar-refractivity contribution < 1.29 is 9.53 Å². The average molecular weight is 350 g/mol. The summed E-state index contributed by atoms with van der Waals surface area (Å²) in [6.07, 6.45) is 1.81. The van der Waals surface area contributed by atoms with Gasteiger partial charge >= 0.3 is 0 Å². The SMILES string of the molecule is CCSc1nc(N2CCOCC2)c2cnn(CCNC(C)=O)c2n1. The van der Waals surface area contributed by atoms with Gasteiger partial charge in [-0.1, -0.05) is 18.7 Å². The predicted octanol–water partition coefficient (Wildman–Crippen LogP) is 0.911. The summed E-state index contributed by atoms with van der Waals surface area (Å²) >= 11 is 1.62. The molecule has 1 aliphatic rings. The zero-order chi connectivity index (χ0) is 16.9. The van der Waals surface area contributed by atoms with Gasteiger partial charge in [0.05, 0.1) is 31.3 Å². The number of amides is 1. The zero-order valence-corrected chi connectivity index (χ0v) is 14.8. The van der Waals surface area contributed by atoms with Gasteiger partial charge in [0.25, 0.3) is 0 Å². The molecule has 1 fully saturated rings. The van der Waals surface area contributed by atoms with E-state index in [1.54, 1.807) is 11.8 Å². The van der Waals surface area contributed by atoms with Gasteiger partial charge in [0, 0.05) is 26.6 Å². The molecule has 1 amide bonds. The lowest BCUT2D eigenvalue weighted by Gasteiger charge is -2.28. The molecule has 130 valence electrons. The highest BCUT2D eigenvalue weighted by Crippen LogP contribution is 2.27. The molecule has 0 atom stereocenters. The molecule has 1 N–H and O–H groups in total. The van der Waals surface area contributed by atoms with Crippen molar-refractivity contribution in [2.75, 3.05) is 43.5 Å². The van der Waals surface area contributed by atoms with Crippen molar-refractivity contribution in [1.29, 1.82) is 0 Å². The summed E-state index contributed by atoms with van der Waals surface area (Å²) in [6.45, 7) is 7.75. The molecule has 3 rings (SSSR count). The number of morpholine rings is 1. The highest BCUT2D eigenvalue weighted by molar-refractivity contribution is 7.99. The van der Waals surface area contributed by atoms with Crippen LogP contribution in [-0.2, 0) is 16.1 Å². The van der Waals surface area contributed by atoms with Crippen LogP contribution in [0.1, 0.15) is 13.8 Å². The largest absolute Gasteiger partial charge is 0.378 e. The lowest BCUT2D eigenvalue weighted by Crippen LogP contribution is -2.37. The summed E-state index contributed by atoms with van der Waals surface area (Å²) in [7, 11) is 0. The van der Waals surface area contributed by atoms with Crippen LogP contribution >= 0.6 is 11.8 Å². The van der Waals surface area contributed by atoms with Crippen molar-refractivity contribution in [2.24, 2.45) is 0 Å². The number of nitrogens with zero attached hydrogens (tertiary/aromatic N) is 5. The molecule has 1 saturated heterocycles. The van der Waals surface area contributed by atoms with Gasteiger partial charge in [0.15, 0.2) is 10.8 Å². The number of nitrogens with one attached hydrogen (secondary N) is 1. The molecule has 3 heterocycles. The van der Waals surface area contributed by atoms with E-state index in [0.29, 0.717) is 26.3 Å². The van der Waals surface area contributed by atoms with Crippen molar-refractivity contribution in [3.63, 3.8) is 0 Å². The van der Waals surface area contributed by atoms with Crippen LogP contribution in [0.25, 0.3) is 11.0 Å². The Morgan fingerprint density at radius 3 is 2.88 bits per heavy atom. The molecule has 24 heavy (non-hydrogen) atoms. The molecule has 8 nitrogen and oxygen atoms in total. The number of thioether (sulfide) groups is 1. The van der Waals surface area contributed by atoms with E-state index in [1.807, 2.05) is 10.9 Å². The van der Waals surface area contributed by atoms with E-state index < -0.39 is 0 Å². The van der Waals surface area contributed by atoms with Crippen LogP contribution in [0.3, 0.4) is 0 Å². The minimum absolute atomic E-state index is 0.0441. The molecule has 0 aliphatic carbocycles. The van der Waals surface area contributed by atoms with Crippen molar-refractivity contribution in [3.8, 4) is 0 Å². The summed E-state index contributed by atoms with van der Waals surface area (Å²) in [5.41, 5.74) is 0.813. The van der Waals surface area contributed by atoms with E-state index in [2.05, 4.69) is 27.2 Å². The van der Waals surface area contributed by atoms with Crippen molar-refractivity contribution in [2.45, 2.75) is 25.5 Å². The molecule has 0 spiro atoms. The molecule has 1 aliphatic heterocycles. The van der Waals surface area contributed by atoms with Gasteiger partial charge in [-0.25, -0.2) is 14.6 Å². The van der Waals surface area contributed by atoms with E-state index in [4.69, 9.17) is 9.72 Å². The van der Waals surface area contributed by atoms with Crippen molar-refractivity contribution >= 4 is 34.5 Å². The van der Waals surface area contributed by atoms with E-state index in [0.717, 1.165) is 40.9 Å². The number of carbonyl (C=O) groups excluding carboxylic acids is 1. The molecular weight excluding hydrogens is 328 g/mol. The quantitative estimate of drug-likeness (QED) is 0.612. The van der Waals surface area contributed by atoms with Crippen LogP contribution < -0.4 is 10.2 Å². The normalized spacial score (nSPS) is 15.0. The third kappa shape index (κ3) is 3.78. The van der Waals surface area contributed by atoms with Gasteiger partial charge < -0.3 is 15.0 Å². The molecule has 0 aromatic carbocycles. The second-order valence-electron chi connectivity index (χ2n) is 5.45. The van der Waals surface area contributed by atoms with Gasteiger partial charge in [-0.05, 0) is 5.75 Å². The highest BCUT2D eigenvalue weighted by atomic mass is 32.2. The second-order valence-corrected chi connectivity index (χ2v) is 6.68. The number of rotatable bonds is 6. The second kappa shape index (κ2) is 7.80. The van der Waals surface area contributed by atoms with Crippen LogP contribution in [0.5, 0.6) is 0 Å². The van der Waals surface area contributed by atoms with Crippen LogP contribution in [0.2, 0.25) is 0 Å². The standard InChI is InChI=1S/C15H22N6O2S/c1-3-24-15-18-13(20-6-8-23-9-7-20)12-10-17-21(14(12)19-15)5-4-16-11(2)22/h10H,3-9H2,1-2H3,(H,16,22). The summed E-state index contributed by atoms with van der Waals surface area (Å²) in [6, 6.07) is 0. The maximum atomic E-state index is 11.0. The molecule has 2 aromatic heterocycles. The first-order chi connectivity index (χ1) is 11.7. The van der Waals surface area contributed by atoms with E-state index in [1.165, 1.54) is 6.92 Å². The van der Waals surface area contributed by atoms with Crippen LogP contribution in [0, 0.1) is 0 Å². The van der Waals surface area contributed by atoms with Crippen LogP contribution in [0.15, 0.2) is 11.4 Å². The maximum absolute atomic E-state index is 11.0. The average Bonchev–Trinajstić information content (AvgIpc) is 2.98. The smallest absolute Gasteiger partial charge is 0.216 e. The Morgan fingerprint density at radius 2 is 2.17 bits per heavy atom. The Morgan fingerprint density at radius 1 is 1.38 bits per heavy atom. The molecule has 0 unspecified atom stereocenters. The topological polar surface area (TPSA) is 85.2 Å². The van der Waals surface area contributed by atoms with Crippen LogP contribution in [0.4, 0.5) is 5.82 Å². The molecule has 0 saturated carbocycles. The third-order valence-electron chi connectivity index (χ3n) is 3.74. The molecule has 2 aromatic rings. The molecule has 9 heteroatoms. The number of carbonyl (C=O) groups is 1. The number of fused-ring (bicyclic) bond motifs is 1. The molecule has 0 radical (unpaired) electrons.